The number of rotatable bonds is 5. The number of halogens is 1. The molecule has 1 saturated heterocycles. The van der Waals surface area contributed by atoms with Crippen molar-refractivity contribution in [3.8, 4) is 5.75 Å². The summed E-state index contributed by atoms with van der Waals surface area (Å²) in [7, 11) is 3.46. The molecule has 0 N–H and O–H groups in total. The molecule has 1 aliphatic rings. The minimum atomic E-state index is -0.351. The lowest BCUT2D eigenvalue weighted by Gasteiger charge is -2.18. The molecule has 7 heteroatoms. The Morgan fingerprint density at radius 3 is 2.65 bits per heavy atom. The summed E-state index contributed by atoms with van der Waals surface area (Å²) >= 11 is 0. The van der Waals surface area contributed by atoms with Crippen molar-refractivity contribution < 1.29 is 18.7 Å². The summed E-state index contributed by atoms with van der Waals surface area (Å²) in [6.07, 6.45) is 0.767. The number of nitrogens with zero attached hydrogens (tertiary/aromatic N) is 3. The lowest BCUT2D eigenvalue weighted by Crippen LogP contribution is -2.33. The number of fused-ring (bicyclic) bond motifs is 1. The Hall–Kier alpha value is -3.48. The normalized spacial score (nSPS) is 15.8. The van der Waals surface area contributed by atoms with Gasteiger partial charge in [0.05, 0.1) is 11.1 Å². The van der Waals surface area contributed by atoms with E-state index in [0.717, 1.165) is 23.0 Å². The number of carbonyl (C=O) groups excluding carboxylic acids is 2. The fraction of sp³-hybridized carbons (Fsp3) is 0.292. The average molecular weight is 421 g/mol. The smallest absolute Gasteiger partial charge is 0.260 e. The van der Waals surface area contributed by atoms with E-state index in [-0.39, 0.29) is 30.2 Å². The van der Waals surface area contributed by atoms with E-state index < -0.39 is 0 Å². The number of benzene rings is 2. The van der Waals surface area contributed by atoms with Crippen LogP contribution >= 0.6 is 0 Å². The second kappa shape index (κ2) is 8.71. The van der Waals surface area contributed by atoms with Gasteiger partial charge in [-0.05, 0) is 42.8 Å². The van der Waals surface area contributed by atoms with Crippen molar-refractivity contribution in [1.29, 1.82) is 0 Å². The molecule has 6 nitrogen and oxygen atoms in total. The SMILES string of the molecule is CN(C)C(=O)c1cc([C@@H]2CCN(C(=O)COc3ccc(F)cc3)C2)nc2ccccc12. The van der Waals surface area contributed by atoms with Gasteiger partial charge in [-0.15, -0.1) is 0 Å². The molecule has 2 heterocycles. The summed E-state index contributed by atoms with van der Waals surface area (Å²) < 4.78 is 18.5. The van der Waals surface area contributed by atoms with Crippen molar-refractivity contribution in [3.63, 3.8) is 0 Å². The topological polar surface area (TPSA) is 62.7 Å². The van der Waals surface area contributed by atoms with Crippen LogP contribution in [0.1, 0.15) is 28.4 Å². The van der Waals surface area contributed by atoms with Gasteiger partial charge in [0.1, 0.15) is 11.6 Å². The Morgan fingerprint density at radius 2 is 1.90 bits per heavy atom. The van der Waals surface area contributed by atoms with E-state index in [1.807, 2.05) is 30.3 Å². The molecule has 1 fully saturated rings. The van der Waals surface area contributed by atoms with Gasteiger partial charge in [-0.1, -0.05) is 18.2 Å². The largest absolute Gasteiger partial charge is 0.484 e. The molecule has 3 aromatic rings. The van der Waals surface area contributed by atoms with Crippen LogP contribution < -0.4 is 4.74 Å². The van der Waals surface area contributed by atoms with Gasteiger partial charge in [-0.2, -0.15) is 0 Å². The highest BCUT2D eigenvalue weighted by molar-refractivity contribution is 6.06. The van der Waals surface area contributed by atoms with E-state index in [1.54, 1.807) is 23.9 Å². The van der Waals surface area contributed by atoms with Crippen LogP contribution in [0.2, 0.25) is 0 Å². The predicted molar refractivity (Wildman–Crippen MR) is 116 cm³/mol. The van der Waals surface area contributed by atoms with Gasteiger partial charge in [0.2, 0.25) is 0 Å². The highest BCUT2D eigenvalue weighted by atomic mass is 19.1. The van der Waals surface area contributed by atoms with E-state index in [4.69, 9.17) is 9.72 Å². The maximum Gasteiger partial charge on any atom is 0.260 e. The van der Waals surface area contributed by atoms with Gasteiger partial charge in [0.25, 0.3) is 11.8 Å². The Labute approximate surface area is 180 Å². The Kier molecular flexibility index (Phi) is 5.84. The van der Waals surface area contributed by atoms with Gasteiger partial charge in [-0.25, -0.2) is 4.39 Å². The maximum atomic E-state index is 13.0. The van der Waals surface area contributed by atoms with Crippen LogP contribution in [0.3, 0.4) is 0 Å². The highest BCUT2D eigenvalue weighted by Gasteiger charge is 2.29. The minimum absolute atomic E-state index is 0.0492. The highest BCUT2D eigenvalue weighted by Crippen LogP contribution is 2.30. The summed E-state index contributed by atoms with van der Waals surface area (Å²) in [5, 5.41) is 0.823. The Bertz CT molecular complexity index is 1110. The molecule has 31 heavy (non-hydrogen) atoms. The maximum absolute atomic E-state index is 13.0. The number of aromatic nitrogens is 1. The number of carbonyl (C=O) groups is 2. The van der Waals surface area contributed by atoms with Crippen molar-refractivity contribution in [3.05, 3.63) is 71.7 Å². The number of likely N-dealkylation sites (tertiary alicyclic amines) is 1. The number of hydrogen-bond acceptors (Lipinski definition) is 4. The van der Waals surface area contributed by atoms with Gasteiger partial charge in [0, 0.05) is 44.2 Å². The number of ether oxygens (including phenoxy) is 1. The van der Waals surface area contributed by atoms with Crippen LogP contribution in [0.25, 0.3) is 10.9 Å². The average Bonchev–Trinajstić information content (AvgIpc) is 3.27. The number of para-hydroxylation sites is 1. The predicted octanol–water partition coefficient (Wildman–Crippen LogP) is 3.47. The molecule has 1 aliphatic heterocycles. The Morgan fingerprint density at radius 1 is 1.16 bits per heavy atom. The van der Waals surface area contributed by atoms with Crippen LogP contribution in [0.15, 0.2) is 54.6 Å². The molecule has 0 bridgehead atoms. The molecule has 0 radical (unpaired) electrons. The fourth-order valence-corrected chi connectivity index (χ4v) is 3.82. The van der Waals surface area contributed by atoms with Crippen LogP contribution in [0, 0.1) is 5.82 Å². The molecule has 1 aromatic heterocycles. The second-order valence-electron chi connectivity index (χ2n) is 7.88. The summed E-state index contributed by atoms with van der Waals surface area (Å²) in [5.41, 5.74) is 2.21. The quantitative estimate of drug-likeness (QED) is 0.633. The van der Waals surface area contributed by atoms with E-state index in [9.17, 15) is 14.0 Å². The summed E-state index contributed by atoms with van der Waals surface area (Å²) in [6, 6.07) is 15.0. The first-order valence-corrected chi connectivity index (χ1v) is 10.2. The molecular weight excluding hydrogens is 397 g/mol. The number of amides is 2. The first-order chi connectivity index (χ1) is 14.9. The zero-order chi connectivity index (χ0) is 22.0. The third-order valence-electron chi connectivity index (χ3n) is 5.51. The van der Waals surface area contributed by atoms with Crippen molar-refractivity contribution in [2.75, 3.05) is 33.8 Å². The lowest BCUT2D eigenvalue weighted by atomic mass is 9.99. The van der Waals surface area contributed by atoms with Crippen LogP contribution in [0.5, 0.6) is 5.75 Å². The molecule has 160 valence electrons. The number of pyridine rings is 1. The summed E-state index contributed by atoms with van der Waals surface area (Å²) in [6.45, 7) is 1.02. The third kappa shape index (κ3) is 4.50. The third-order valence-corrected chi connectivity index (χ3v) is 5.51. The van der Waals surface area contributed by atoms with Crippen LogP contribution in [0.4, 0.5) is 4.39 Å². The molecule has 4 rings (SSSR count). The van der Waals surface area contributed by atoms with Crippen molar-refractivity contribution in [2.45, 2.75) is 12.3 Å². The minimum Gasteiger partial charge on any atom is -0.484 e. The van der Waals surface area contributed by atoms with Crippen LogP contribution in [-0.4, -0.2) is 60.4 Å². The monoisotopic (exact) mass is 421 g/mol. The van der Waals surface area contributed by atoms with Crippen molar-refractivity contribution >= 4 is 22.7 Å². The zero-order valence-electron chi connectivity index (χ0n) is 17.5. The number of hydrogen-bond donors (Lipinski definition) is 0. The second-order valence-corrected chi connectivity index (χ2v) is 7.88. The summed E-state index contributed by atoms with van der Waals surface area (Å²) in [5.74, 6) is -0.0478. The Balaban J connectivity index is 1.49. The van der Waals surface area contributed by atoms with Crippen molar-refractivity contribution in [2.24, 2.45) is 0 Å². The molecule has 0 unspecified atom stereocenters. The molecule has 2 aromatic carbocycles. The van der Waals surface area contributed by atoms with Gasteiger partial charge < -0.3 is 14.5 Å². The van der Waals surface area contributed by atoms with E-state index in [1.165, 1.54) is 24.3 Å². The molecule has 2 amide bonds. The molecule has 0 spiro atoms. The molecule has 1 atom stereocenters. The lowest BCUT2D eigenvalue weighted by molar-refractivity contribution is -0.132. The van der Waals surface area contributed by atoms with Gasteiger partial charge in [-0.3, -0.25) is 14.6 Å². The molecular formula is C24H24FN3O3. The van der Waals surface area contributed by atoms with Crippen LogP contribution in [-0.2, 0) is 4.79 Å². The van der Waals surface area contributed by atoms with E-state index in [0.29, 0.717) is 24.4 Å². The molecule has 0 saturated carbocycles. The van der Waals surface area contributed by atoms with E-state index >= 15 is 0 Å². The van der Waals surface area contributed by atoms with E-state index in [2.05, 4.69) is 0 Å². The summed E-state index contributed by atoms with van der Waals surface area (Å²) in [4.78, 5) is 33.4. The molecule has 0 aliphatic carbocycles. The first-order valence-electron chi connectivity index (χ1n) is 10.2. The van der Waals surface area contributed by atoms with Gasteiger partial charge >= 0.3 is 0 Å². The fourth-order valence-electron chi connectivity index (χ4n) is 3.82. The zero-order valence-corrected chi connectivity index (χ0v) is 17.5. The van der Waals surface area contributed by atoms with Gasteiger partial charge in [0.15, 0.2) is 6.61 Å². The first kappa shape index (κ1) is 20.8. The standard InChI is InChI=1S/C24H24FN3O3/c1-27(2)24(30)20-13-22(26-21-6-4-3-5-19(20)21)16-11-12-28(14-16)23(29)15-31-18-9-7-17(25)8-10-18/h3-10,13,16H,11-12,14-15H2,1-2H3/t16-/m1/s1. The van der Waals surface area contributed by atoms with Crippen molar-refractivity contribution in [1.82, 2.24) is 14.8 Å².